The number of rotatable bonds is 11. The fourth-order valence-corrected chi connectivity index (χ4v) is 5.83. The normalized spacial score (nSPS) is 11.3. The summed E-state index contributed by atoms with van der Waals surface area (Å²) in [4.78, 5) is 12.7. The molecule has 0 fully saturated rings. The van der Waals surface area contributed by atoms with Gasteiger partial charge >= 0.3 is 0 Å². The molecule has 0 saturated heterocycles. The molecule has 0 aliphatic carbocycles. The topological polar surface area (TPSA) is 66.5 Å². The van der Waals surface area contributed by atoms with Gasteiger partial charge in [-0.15, -0.1) is 0 Å². The van der Waals surface area contributed by atoms with Gasteiger partial charge in [0.15, 0.2) is 0 Å². The lowest BCUT2D eigenvalue weighted by Crippen LogP contribution is -2.41. The molecule has 3 rings (SSSR count). The van der Waals surface area contributed by atoms with Crippen molar-refractivity contribution < 1.29 is 13.2 Å². The minimum Gasteiger partial charge on any atom is -0.354 e. The number of carbonyl (C=O) groups excluding carboxylic acids is 1. The van der Waals surface area contributed by atoms with Crippen molar-refractivity contribution in [2.45, 2.75) is 24.0 Å². The third kappa shape index (κ3) is 7.67. The molecule has 0 heterocycles. The molecular formula is C25H26Cl2N2O3S2. The molecule has 0 saturated carbocycles. The summed E-state index contributed by atoms with van der Waals surface area (Å²) < 4.78 is 27.8. The summed E-state index contributed by atoms with van der Waals surface area (Å²) in [5, 5.41) is 3.99. The molecule has 0 atom stereocenters. The average Bonchev–Trinajstić information content (AvgIpc) is 2.81. The van der Waals surface area contributed by atoms with Crippen LogP contribution in [0.1, 0.15) is 17.5 Å². The number of aryl methyl sites for hydroxylation is 1. The van der Waals surface area contributed by atoms with Gasteiger partial charge in [-0.25, -0.2) is 8.42 Å². The van der Waals surface area contributed by atoms with Crippen LogP contribution in [0.3, 0.4) is 0 Å². The molecule has 9 heteroatoms. The Kier molecular flexibility index (Phi) is 9.71. The van der Waals surface area contributed by atoms with E-state index >= 15 is 0 Å². The smallest absolute Gasteiger partial charge is 0.264 e. The van der Waals surface area contributed by atoms with E-state index in [9.17, 15) is 13.2 Å². The van der Waals surface area contributed by atoms with Crippen molar-refractivity contribution in [3.63, 3.8) is 0 Å². The largest absolute Gasteiger partial charge is 0.354 e. The summed E-state index contributed by atoms with van der Waals surface area (Å²) in [5.74, 6) is 1.34. The van der Waals surface area contributed by atoms with Crippen LogP contribution in [0, 0.1) is 6.92 Å². The predicted octanol–water partition coefficient (Wildman–Crippen LogP) is 5.94. The molecule has 3 aromatic rings. The minimum atomic E-state index is -3.95. The maximum Gasteiger partial charge on any atom is 0.264 e. The van der Waals surface area contributed by atoms with Crippen LogP contribution >= 0.6 is 35.0 Å². The van der Waals surface area contributed by atoms with E-state index in [0.717, 1.165) is 38.4 Å². The van der Waals surface area contributed by atoms with Crippen molar-refractivity contribution in [1.82, 2.24) is 5.32 Å². The number of amides is 1. The van der Waals surface area contributed by atoms with Crippen LogP contribution in [0.5, 0.6) is 0 Å². The van der Waals surface area contributed by atoms with Crippen LogP contribution in [0.4, 0.5) is 5.69 Å². The lowest BCUT2D eigenvalue weighted by molar-refractivity contribution is -0.119. The quantitative estimate of drug-likeness (QED) is 0.308. The number of benzene rings is 3. The highest BCUT2D eigenvalue weighted by Gasteiger charge is 2.27. The molecule has 0 radical (unpaired) electrons. The van der Waals surface area contributed by atoms with E-state index in [0.29, 0.717) is 17.3 Å². The number of anilines is 1. The lowest BCUT2D eigenvalue weighted by Gasteiger charge is -2.24. The van der Waals surface area contributed by atoms with E-state index in [-0.39, 0.29) is 17.3 Å². The van der Waals surface area contributed by atoms with Crippen molar-refractivity contribution in [2.75, 3.05) is 23.1 Å². The number of nitrogens with one attached hydrogen (secondary N) is 1. The van der Waals surface area contributed by atoms with Crippen LogP contribution < -0.4 is 9.62 Å². The van der Waals surface area contributed by atoms with Gasteiger partial charge in [0.05, 0.1) is 10.6 Å². The molecule has 0 aromatic heterocycles. The van der Waals surface area contributed by atoms with E-state index in [2.05, 4.69) is 5.32 Å². The number of hydrogen-bond donors (Lipinski definition) is 1. The highest BCUT2D eigenvalue weighted by atomic mass is 35.5. The van der Waals surface area contributed by atoms with Crippen LogP contribution in [-0.2, 0) is 20.6 Å². The Morgan fingerprint density at radius 1 is 0.971 bits per heavy atom. The van der Waals surface area contributed by atoms with Gasteiger partial charge in [0.25, 0.3) is 10.0 Å². The molecule has 3 aromatic carbocycles. The molecule has 0 bridgehead atoms. The van der Waals surface area contributed by atoms with Crippen molar-refractivity contribution in [1.29, 1.82) is 0 Å². The molecule has 0 unspecified atom stereocenters. The third-order valence-electron chi connectivity index (χ3n) is 4.96. The van der Waals surface area contributed by atoms with Crippen molar-refractivity contribution in [3.05, 3.63) is 94.0 Å². The number of sulfonamides is 1. The number of halogens is 2. The second-order valence-electron chi connectivity index (χ2n) is 7.69. The summed E-state index contributed by atoms with van der Waals surface area (Å²) in [5.41, 5.74) is 2.57. The Morgan fingerprint density at radius 3 is 2.35 bits per heavy atom. The first-order valence-corrected chi connectivity index (χ1v) is 14.0. The molecular weight excluding hydrogens is 511 g/mol. The Balaban J connectivity index is 1.58. The van der Waals surface area contributed by atoms with Gasteiger partial charge in [0.2, 0.25) is 5.91 Å². The maximum absolute atomic E-state index is 13.3. The summed E-state index contributed by atoms with van der Waals surface area (Å²) >= 11 is 13.7. The maximum atomic E-state index is 13.3. The molecule has 1 N–H and O–H groups in total. The zero-order valence-electron chi connectivity index (χ0n) is 18.7. The fraction of sp³-hybridized carbons (Fsp3) is 0.240. The molecule has 5 nitrogen and oxygen atoms in total. The monoisotopic (exact) mass is 536 g/mol. The minimum absolute atomic E-state index is 0.0719. The van der Waals surface area contributed by atoms with Gasteiger partial charge in [-0.05, 0) is 73.2 Å². The zero-order valence-corrected chi connectivity index (χ0v) is 21.9. The molecule has 0 spiro atoms. The first-order chi connectivity index (χ1) is 16.3. The molecule has 34 heavy (non-hydrogen) atoms. The Morgan fingerprint density at radius 2 is 1.68 bits per heavy atom. The summed E-state index contributed by atoms with van der Waals surface area (Å²) in [6.07, 6.45) is 0.769. The van der Waals surface area contributed by atoms with Crippen LogP contribution in [0.25, 0.3) is 0 Å². The van der Waals surface area contributed by atoms with Gasteiger partial charge < -0.3 is 5.32 Å². The SMILES string of the molecule is Cc1ccc(N(CC(=O)NCCCSCc2cccc(Cl)c2)S(=O)(=O)c2ccc(Cl)cc2)cc1. The summed E-state index contributed by atoms with van der Waals surface area (Å²) in [7, 11) is -3.95. The summed E-state index contributed by atoms with van der Waals surface area (Å²) in [6.45, 7) is 2.06. The first-order valence-electron chi connectivity index (χ1n) is 10.7. The van der Waals surface area contributed by atoms with E-state index in [1.165, 1.54) is 24.3 Å². The third-order valence-corrected chi connectivity index (χ3v) is 8.35. The van der Waals surface area contributed by atoms with Gasteiger partial charge in [0.1, 0.15) is 6.54 Å². The van der Waals surface area contributed by atoms with Gasteiger partial charge in [-0.1, -0.05) is 53.0 Å². The molecule has 0 aliphatic rings. The highest BCUT2D eigenvalue weighted by Crippen LogP contribution is 2.25. The van der Waals surface area contributed by atoms with E-state index in [1.807, 2.05) is 43.3 Å². The second-order valence-corrected chi connectivity index (χ2v) is 11.5. The Labute approximate surface area is 215 Å². The van der Waals surface area contributed by atoms with Crippen molar-refractivity contribution in [2.24, 2.45) is 0 Å². The summed E-state index contributed by atoms with van der Waals surface area (Å²) in [6, 6.07) is 20.7. The van der Waals surface area contributed by atoms with Crippen LogP contribution in [0.2, 0.25) is 10.0 Å². The van der Waals surface area contributed by atoms with Gasteiger partial charge in [0, 0.05) is 22.3 Å². The van der Waals surface area contributed by atoms with E-state index in [1.54, 1.807) is 23.9 Å². The second kappa shape index (κ2) is 12.5. The Hall–Kier alpha value is -2.19. The average molecular weight is 538 g/mol. The Bertz CT molecular complexity index is 1200. The zero-order chi connectivity index (χ0) is 24.6. The van der Waals surface area contributed by atoms with E-state index < -0.39 is 10.0 Å². The fourth-order valence-electron chi connectivity index (χ4n) is 3.17. The molecule has 0 aliphatic heterocycles. The predicted molar refractivity (Wildman–Crippen MR) is 142 cm³/mol. The van der Waals surface area contributed by atoms with Crippen molar-refractivity contribution >= 4 is 56.6 Å². The first kappa shape index (κ1) is 26.4. The van der Waals surface area contributed by atoms with Gasteiger partial charge in [-0.3, -0.25) is 9.10 Å². The number of carbonyl (C=O) groups is 1. The number of thioether (sulfide) groups is 1. The lowest BCUT2D eigenvalue weighted by atomic mass is 10.2. The van der Waals surface area contributed by atoms with Crippen LogP contribution in [-0.4, -0.2) is 33.2 Å². The molecule has 1 amide bonds. The number of nitrogens with zero attached hydrogens (tertiary/aromatic N) is 1. The van der Waals surface area contributed by atoms with E-state index in [4.69, 9.17) is 23.2 Å². The van der Waals surface area contributed by atoms with Crippen molar-refractivity contribution in [3.8, 4) is 0 Å². The standard InChI is InChI=1S/C25H26Cl2N2O3S2/c1-19-6-10-23(11-7-19)29(34(31,32)24-12-8-21(26)9-13-24)17-25(30)28-14-3-15-33-18-20-4-2-5-22(27)16-20/h2,4-13,16H,3,14-15,17-18H2,1H3,(H,28,30). The van der Waals surface area contributed by atoms with Crippen LogP contribution in [0.15, 0.2) is 77.7 Å². The highest BCUT2D eigenvalue weighted by molar-refractivity contribution is 7.98. The molecule has 180 valence electrons. The number of hydrogen-bond acceptors (Lipinski definition) is 4. The van der Waals surface area contributed by atoms with Gasteiger partial charge in [-0.2, -0.15) is 11.8 Å².